The topological polar surface area (TPSA) is 49.8 Å². The van der Waals surface area contributed by atoms with Crippen LogP contribution in [0.15, 0.2) is 23.8 Å². The van der Waals surface area contributed by atoms with Gasteiger partial charge >= 0.3 is 5.97 Å². The molecule has 1 saturated carbocycles. The summed E-state index contributed by atoms with van der Waals surface area (Å²) in [5.74, 6) is -0.467. The molecule has 2 rings (SSSR count). The van der Waals surface area contributed by atoms with E-state index in [9.17, 15) is 4.79 Å². The van der Waals surface area contributed by atoms with Gasteiger partial charge in [0.25, 0.3) is 0 Å². The number of epoxide rings is 1. The maximum Gasteiger partial charge on any atom is 0.331 e. The Bertz CT molecular complexity index is 410. The van der Waals surface area contributed by atoms with Gasteiger partial charge in [0.2, 0.25) is 0 Å². The van der Waals surface area contributed by atoms with Crippen LogP contribution in [-0.4, -0.2) is 22.8 Å². The summed E-state index contributed by atoms with van der Waals surface area (Å²) < 4.78 is 5.85. The Hall–Kier alpha value is -1.09. The minimum absolute atomic E-state index is 0.0792. The Labute approximate surface area is 109 Å². The highest BCUT2D eigenvalue weighted by Crippen LogP contribution is 2.53. The van der Waals surface area contributed by atoms with Gasteiger partial charge in [0.1, 0.15) is 0 Å². The first-order chi connectivity index (χ1) is 8.40. The van der Waals surface area contributed by atoms with E-state index in [4.69, 9.17) is 9.84 Å². The molecule has 0 amide bonds. The van der Waals surface area contributed by atoms with Crippen molar-refractivity contribution in [2.24, 2.45) is 11.8 Å². The fourth-order valence-corrected chi connectivity index (χ4v) is 3.24. The van der Waals surface area contributed by atoms with Crippen LogP contribution in [0.2, 0.25) is 0 Å². The van der Waals surface area contributed by atoms with Crippen molar-refractivity contribution >= 4 is 5.97 Å². The maximum absolute atomic E-state index is 11.1. The summed E-state index contributed by atoms with van der Waals surface area (Å²) in [7, 11) is 0. The van der Waals surface area contributed by atoms with Crippen molar-refractivity contribution in [2.75, 3.05) is 0 Å². The van der Waals surface area contributed by atoms with E-state index in [1.54, 1.807) is 0 Å². The van der Waals surface area contributed by atoms with Crippen LogP contribution >= 0.6 is 0 Å². The minimum atomic E-state index is -0.862. The van der Waals surface area contributed by atoms with E-state index in [1.165, 1.54) is 5.57 Å². The normalized spacial score (nSPS) is 39.7. The molecule has 0 bridgehead atoms. The van der Waals surface area contributed by atoms with Gasteiger partial charge in [0.05, 0.1) is 11.7 Å². The average molecular weight is 250 g/mol. The van der Waals surface area contributed by atoms with E-state index >= 15 is 0 Å². The van der Waals surface area contributed by atoms with E-state index in [0.29, 0.717) is 17.6 Å². The molecule has 18 heavy (non-hydrogen) atoms. The Morgan fingerprint density at radius 1 is 1.50 bits per heavy atom. The lowest BCUT2D eigenvalue weighted by Crippen LogP contribution is -2.25. The van der Waals surface area contributed by atoms with E-state index < -0.39 is 5.97 Å². The summed E-state index contributed by atoms with van der Waals surface area (Å²) >= 11 is 0. The summed E-state index contributed by atoms with van der Waals surface area (Å²) in [6.07, 6.45) is 5.07. The van der Waals surface area contributed by atoms with Crippen LogP contribution in [-0.2, 0) is 9.53 Å². The molecule has 0 spiro atoms. The Morgan fingerprint density at radius 3 is 2.72 bits per heavy atom. The fraction of sp³-hybridized carbons (Fsp3) is 0.667. The van der Waals surface area contributed by atoms with Gasteiger partial charge in [-0.1, -0.05) is 18.2 Å². The standard InChI is InChI=1S/C15H22O3/c1-5-9(2)12-8-11(10(3)14(16)17)6-7-13-15(12,4)18-13/h5,11-13H,3,6-8H2,1-2,4H3,(H,16,17)/b9-5-/t11-,12?,13+,15-/m1/s1. The Balaban J connectivity index is 2.21. The first-order valence-corrected chi connectivity index (χ1v) is 6.62. The molecule has 1 saturated heterocycles. The van der Waals surface area contributed by atoms with E-state index in [-0.39, 0.29) is 11.5 Å². The summed E-state index contributed by atoms with van der Waals surface area (Å²) in [5, 5.41) is 9.10. The zero-order valence-electron chi connectivity index (χ0n) is 11.4. The zero-order chi connectivity index (χ0) is 13.5. The molecule has 3 heteroatoms. The molecular weight excluding hydrogens is 228 g/mol. The number of ether oxygens (including phenoxy) is 1. The molecule has 3 nitrogen and oxygen atoms in total. The second-order valence-electron chi connectivity index (χ2n) is 5.72. The van der Waals surface area contributed by atoms with Crippen molar-refractivity contribution in [1.82, 2.24) is 0 Å². The molecule has 1 heterocycles. The van der Waals surface area contributed by atoms with Gasteiger partial charge in [0.15, 0.2) is 0 Å². The first kappa shape index (κ1) is 13.3. The number of rotatable bonds is 3. The first-order valence-electron chi connectivity index (χ1n) is 6.62. The van der Waals surface area contributed by atoms with Crippen molar-refractivity contribution in [3.63, 3.8) is 0 Å². The van der Waals surface area contributed by atoms with E-state index in [1.807, 2.05) is 6.92 Å². The molecule has 100 valence electrons. The van der Waals surface area contributed by atoms with Crippen molar-refractivity contribution < 1.29 is 14.6 Å². The smallest absolute Gasteiger partial charge is 0.331 e. The lowest BCUT2D eigenvalue weighted by Gasteiger charge is -2.25. The van der Waals surface area contributed by atoms with Crippen LogP contribution in [0.5, 0.6) is 0 Å². The third-order valence-electron chi connectivity index (χ3n) is 4.74. The number of carboxylic acid groups (broad SMARTS) is 1. The van der Waals surface area contributed by atoms with Crippen LogP contribution in [0, 0.1) is 11.8 Å². The highest BCUT2D eigenvalue weighted by atomic mass is 16.6. The van der Waals surface area contributed by atoms with E-state index in [0.717, 1.165) is 19.3 Å². The molecule has 1 N–H and O–H groups in total. The van der Waals surface area contributed by atoms with Crippen molar-refractivity contribution in [3.05, 3.63) is 23.8 Å². The van der Waals surface area contributed by atoms with Crippen LogP contribution in [0.4, 0.5) is 0 Å². The molecule has 1 aliphatic carbocycles. The van der Waals surface area contributed by atoms with Crippen LogP contribution in [0.25, 0.3) is 0 Å². The number of fused-ring (bicyclic) bond motifs is 1. The third kappa shape index (κ3) is 2.12. The van der Waals surface area contributed by atoms with E-state index in [2.05, 4.69) is 26.5 Å². The molecule has 0 aromatic carbocycles. The van der Waals surface area contributed by atoms with Gasteiger partial charge in [0, 0.05) is 11.5 Å². The SMILES string of the molecule is C=C(C(=O)O)[C@@H]1CC[C@@H]2O[C@]2(C)C(/C(C)=C\C)C1. The summed E-state index contributed by atoms with van der Waals surface area (Å²) in [4.78, 5) is 11.1. The largest absolute Gasteiger partial charge is 0.478 e. The summed E-state index contributed by atoms with van der Waals surface area (Å²) in [5.41, 5.74) is 1.57. The molecule has 2 fully saturated rings. The predicted octanol–water partition coefficient (Wildman–Crippen LogP) is 3.17. The Kier molecular flexibility index (Phi) is 3.37. The molecule has 4 atom stereocenters. The van der Waals surface area contributed by atoms with Crippen molar-refractivity contribution in [2.45, 2.75) is 51.7 Å². The Morgan fingerprint density at radius 2 is 2.17 bits per heavy atom. The number of aliphatic carboxylic acids is 1. The predicted molar refractivity (Wildman–Crippen MR) is 70.3 cm³/mol. The van der Waals surface area contributed by atoms with Crippen molar-refractivity contribution in [1.29, 1.82) is 0 Å². The third-order valence-corrected chi connectivity index (χ3v) is 4.74. The van der Waals surface area contributed by atoms with Gasteiger partial charge in [-0.2, -0.15) is 0 Å². The lowest BCUT2D eigenvalue weighted by atomic mass is 9.79. The van der Waals surface area contributed by atoms with Crippen LogP contribution in [0.1, 0.15) is 40.0 Å². The highest BCUT2D eigenvalue weighted by Gasteiger charge is 2.59. The highest BCUT2D eigenvalue weighted by molar-refractivity contribution is 5.86. The minimum Gasteiger partial charge on any atom is -0.478 e. The number of allylic oxidation sites excluding steroid dienone is 1. The van der Waals surface area contributed by atoms with Crippen molar-refractivity contribution in [3.8, 4) is 0 Å². The van der Waals surface area contributed by atoms with Crippen LogP contribution < -0.4 is 0 Å². The lowest BCUT2D eigenvalue weighted by molar-refractivity contribution is -0.133. The molecule has 1 aliphatic heterocycles. The molecule has 0 radical (unpaired) electrons. The summed E-state index contributed by atoms with van der Waals surface area (Å²) in [6, 6.07) is 0. The molecule has 0 aromatic heterocycles. The maximum atomic E-state index is 11.1. The average Bonchev–Trinajstić information content (AvgIpc) is 3.00. The van der Waals surface area contributed by atoms with Crippen LogP contribution in [0.3, 0.4) is 0 Å². The quantitative estimate of drug-likeness (QED) is 0.475. The van der Waals surface area contributed by atoms with Gasteiger partial charge in [-0.05, 0) is 46.0 Å². The van der Waals surface area contributed by atoms with Gasteiger partial charge in [-0.25, -0.2) is 4.79 Å². The number of carbonyl (C=O) groups is 1. The molecule has 0 aromatic rings. The second kappa shape index (κ2) is 4.54. The molecule has 1 unspecified atom stereocenters. The monoisotopic (exact) mass is 250 g/mol. The van der Waals surface area contributed by atoms with Gasteiger partial charge in [-0.15, -0.1) is 0 Å². The van der Waals surface area contributed by atoms with Gasteiger partial charge < -0.3 is 9.84 Å². The molecule has 2 aliphatic rings. The number of hydrogen-bond acceptors (Lipinski definition) is 2. The number of hydrogen-bond donors (Lipinski definition) is 1. The van der Waals surface area contributed by atoms with Gasteiger partial charge in [-0.3, -0.25) is 0 Å². The summed E-state index contributed by atoms with van der Waals surface area (Å²) in [6.45, 7) is 10.0. The molecular formula is C15H22O3. The number of carboxylic acids is 1. The fourth-order valence-electron chi connectivity index (χ4n) is 3.24. The zero-order valence-corrected chi connectivity index (χ0v) is 11.4. The second-order valence-corrected chi connectivity index (χ2v) is 5.72.